The fraction of sp³-hybridized carbons (Fsp3) is 0.0278. The third-order valence-corrected chi connectivity index (χ3v) is 9.40. The number of nitrogens with zero attached hydrogens (tertiary/aromatic N) is 2. The van der Waals surface area contributed by atoms with Crippen molar-refractivity contribution in [3.63, 3.8) is 0 Å². The van der Waals surface area contributed by atoms with Gasteiger partial charge in [0, 0.05) is 20.9 Å². The van der Waals surface area contributed by atoms with E-state index in [1.165, 1.54) is 52.5 Å². The predicted octanol–water partition coefficient (Wildman–Crippen LogP) is 9.99. The first-order chi connectivity index (χ1) is 19.8. The number of fused-ring (bicyclic) bond motifs is 12. The van der Waals surface area contributed by atoms with Crippen LogP contribution in [0.4, 0.5) is 0 Å². The molecule has 0 amide bonds. The maximum atomic E-state index is 5.48. The number of benzene rings is 6. The minimum Gasteiger partial charge on any atom is -0.497 e. The van der Waals surface area contributed by atoms with Crippen LogP contribution in [0.3, 0.4) is 0 Å². The molecule has 9 aromatic rings. The highest BCUT2D eigenvalue weighted by Gasteiger charge is 2.20. The maximum absolute atomic E-state index is 5.48. The lowest BCUT2D eigenvalue weighted by Crippen LogP contribution is -1.93. The van der Waals surface area contributed by atoms with Gasteiger partial charge in [-0.3, -0.25) is 4.40 Å². The molecule has 0 aliphatic heterocycles. The van der Waals surface area contributed by atoms with E-state index < -0.39 is 0 Å². The van der Waals surface area contributed by atoms with Crippen LogP contribution in [0.5, 0.6) is 5.75 Å². The first kappa shape index (κ1) is 21.9. The minimum absolute atomic E-state index is 0.849. The van der Waals surface area contributed by atoms with Gasteiger partial charge in [0.2, 0.25) is 0 Å². The molecule has 40 heavy (non-hydrogen) atoms. The Hall–Kier alpha value is -4.93. The number of aromatic nitrogens is 2. The Kier molecular flexibility index (Phi) is 4.41. The summed E-state index contributed by atoms with van der Waals surface area (Å²) in [6, 6.07) is 41.5. The molecule has 3 heterocycles. The van der Waals surface area contributed by atoms with Gasteiger partial charge in [0.05, 0.1) is 28.5 Å². The molecule has 0 radical (unpaired) electrons. The van der Waals surface area contributed by atoms with Crippen molar-refractivity contribution in [3.05, 3.63) is 115 Å². The molecule has 3 aromatic heterocycles. The summed E-state index contributed by atoms with van der Waals surface area (Å²) < 4.78 is 10.3. The Morgan fingerprint density at radius 3 is 2.23 bits per heavy atom. The summed E-state index contributed by atoms with van der Waals surface area (Å²) >= 11 is 1.84. The van der Waals surface area contributed by atoms with Gasteiger partial charge in [-0.2, -0.15) is 0 Å². The van der Waals surface area contributed by atoms with Crippen LogP contribution in [0.25, 0.3) is 80.4 Å². The monoisotopic (exact) mass is 530 g/mol. The van der Waals surface area contributed by atoms with E-state index in [1.807, 2.05) is 23.5 Å². The molecule has 0 saturated carbocycles. The lowest BCUT2D eigenvalue weighted by atomic mass is 10.0. The summed E-state index contributed by atoms with van der Waals surface area (Å²) in [5, 5.41) is 9.96. The van der Waals surface area contributed by atoms with Crippen molar-refractivity contribution >= 4 is 80.5 Å². The summed E-state index contributed by atoms with van der Waals surface area (Å²) in [7, 11) is 1.71. The molecule has 6 aromatic carbocycles. The fourth-order valence-corrected chi connectivity index (χ4v) is 7.50. The predicted molar refractivity (Wildman–Crippen MR) is 170 cm³/mol. The molecule has 0 aliphatic rings. The van der Waals surface area contributed by atoms with Gasteiger partial charge in [-0.1, -0.05) is 60.7 Å². The number of methoxy groups -OCH3 is 1. The van der Waals surface area contributed by atoms with Crippen LogP contribution in [0.2, 0.25) is 0 Å². The van der Waals surface area contributed by atoms with Gasteiger partial charge in [-0.15, -0.1) is 11.3 Å². The minimum atomic E-state index is 0.849. The number of thiophene rings is 1. The van der Waals surface area contributed by atoms with Gasteiger partial charge < -0.3 is 4.74 Å². The van der Waals surface area contributed by atoms with Crippen LogP contribution in [-0.2, 0) is 0 Å². The number of hydrogen-bond acceptors (Lipinski definition) is 3. The summed E-state index contributed by atoms with van der Waals surface area (Å²) in [5.74, 6) is 0.849. The first-order valence-electron chi connectivity index (χ1n) is 13.4. The summed E-state index contributed by atoms with van der Waals surface area (Å²) in [5.41, 5.74) is 5.41. The molecule has 0 fully saturated rings. The highest BCUT2D eigenvalue weighted by Crippen LogP contribution is 2.44. The molecule has 0 unspecified atom stereocenters. The van der Waals surface area contributed by atoms with E-state index in [2.05, 4.69) is 108 Å². The molecule has 188 valence electrons. The van der Waals surface area contributed by atoms with E-state index in [0.717, 1.165) is 33.7 Å². The van der Waals surface area contributed by atoms with Gasteiger partial charge in [-0.25, -0.2) is 4.98 Å². The summed E-state index contributed by atoms with van der Waals surface area (Å²) in [4.78, 5) is 5.42. The normalized spacial score (nSPS) is 12.1. The summed E-state index contributed by atoms with van der Waals surface area (Å²) in [6.07, 6.45) is 0. The molecule has 3 nitrogen and oxygen atoms in total. The van der Waals surface area contributed by atoms with E-state index in [4.69, 9.17) is 9.72 Å². The van der Waals surface area contributed by atoms with Gasteiger partial charge >= 0.3 is 0 Å². The van der Waals surface area contributed by atoms with E-state index in [1.54, 1.807) is 7.11 Å². The fourth-order valence-electron chi connectivity index (χ4n) is 6.32. The third-order valence-electron chi connectivity index (χ3n) is 8.23. The zero-order valence-corrected chi connectivity index (χ0v) is 22.5. The maximum Gasteiger partial charge on any atom is 0.156 e. The topological polar surface area (TPSA) is 26.5 Å². The quantitative estimate of drug-likeness (QED) is 0.208. The van der Waals surface area contributed by atoms with Gasteiger partial charge in [-0.05, 0) is 87.1 Å². The van der Waals surface area contributed by atoms with Crippen molar-refractivity contribution in [1.29, 1.82) is 0 Å². The van der Waals surface area contributed by atoms with E-state index in [0.29, 0.717) is 0 Å². The zero-order valence-electron chi connectivity index (χ0n) is 21.7. The zero-order chi connectivity index (χ0) is 26.4. The van der Waals surface area contributed by atoms with E-state index in [-0.39, 0.29) is 0 Å². The largest absolute Gasteiger partial charge is 0.497 e. The van der Waals surface area contributed by atoms with E-state index >= 15 is 0 Å². The second-order valence-electron chi connectivity index (χ2n) is 10.4. The van der Waals surface area contributed by atoms with Crippen LogP contribution >= 0.6 is 11.3 Å². The van der Waals surface area contributed by atoms with Crippen LogP contribution in [-0.4, -0.2) is 16.5 Å². The smallest absolute Gasteiger partial charge is 0.156 e. The van der Waals surface area contributed by atoms with Crippen molar-refractivity contribution < 1.29 is 4.74 Å². The van der Waals surface area contributed by atoms with Crippen LogP contribution in [0.1, 0.15) is 0 Å². The Morgan fingerprint density at radius 1 is 0.650 bits per heavy atom. The highest BCUT2D eigenvalue weighted by atomic mass is 32.1. The lowest BCUT2D eigenvalue weighted by Gasteiger charge is -2.10. The van der Waals surface area contributed by atoms with Crippen molar-refractivity contribution in [2.24, 2.45) is 0 Å². The Morgan fingerprint density at radius 2 is 1.40 bits per heavy atom. The first-order valence-corrected chi connectivity index (χ1v) is 14.2. The molecule has 0 spiro atoms. The van der Waals surface area contributed by atoms with Crippen LogP contribution in [0.15, 0.2) is 115 Å². The molecular formula is C36H22N2OS. The van der Waals surface area contributed by atoms with Crippen LogP contribution in [0, 0.1) is 0 Å². The van der Waals surface area contributed by atoms with Crippen molar-refractivity contribution in [2.45, 2.75) is 0 Å². The molecule has 4 heteroatoms. The summed E-state index contributed by atoms with van der Waals surface area (Å²) in [6.45, 7) is 0. The van der Waals surface area contributed by atoms with Crippen molar-refractivity contribution in [2.75, 3.05) is 7.11 Å². The van der Waals surface area contributed by atoms with E-state index in [9.17, 15) is 0 Å². The SMILES string of the molecule is COc1ccc(-c2cc3c(sc4ccc5ccccc5c43)c3nc4c5cc6ccccc6cc5ccc4n23)cc1. The standard InChI is InChI=1S/C36H22N2OS/c1-39-26-14-10-22(11-15-26)31-20-29-33-27-9-5-4-6-21(27)13-17-32(33)40-35(29)36-37-34-28-19-24-8-3-2-7-23(24)18-25(28)12-16-30(34)38(31)36/h2-20H,1H3. The molecule has 0 aliphatic carbocycles. The molecular weight excluding hydrogens is 508 g/mol. The van der Waals surface area contributed by atoms with Gasteiger partial charge in [0.25, 0.3) is 0 Å². The second kappa shape index (κ2) is 8.04. The second-order valence-corrected chi connectivity index (χ2v) is 11.4. The average molecular weight is 531 g/mol. The lowest BCUT2D eigenvalue weighted by molar-refractivity contribution is 0.415. The third kappa shape index (κ3) is 2.97. The Labute approximate surface area is 233 Å². The van der Waals surface area contributed by atoms with Crippen molar-refractivity contribution in [3.8, 4) is 17.0 Å². The van der Waals surface area contributed by atoms with Crippen LogP contribution < -0.4 is 4.74 Å². The van der Waals surface area contributed by atoms with Gasteiger partial charge in [0.15, 0.2) is 5.65 Å². The average Bonchev–Trinajstić information content (AvgIpc) is 3.59. The number of imidazole rings is 1. The number of ether oxygens (including phenoxy) is 1. The van der Waals surface area contributed by atoms with Gasteiger partial charge in [0.1, 0.15) is 5.75 Å². The number of pyridine rings is 1. The van der Waals surface area contributed by atoms with Crippen molar-refractivity contribution in [1.82, 2.24) is 9.38 Å². The number of rotatable bonds is 2. The number of hydrogen-bond donors (Lipinski definition) is 0. The molecule has 0 bridgehead atoms. The highest BCUT2D eigenvalue weighted by molar-refractivity contribution is 7.26. The molecule has 0 saturated heterocycles. The molecule has 9 rings (SSSR count). The Balaban J connectivity index is 1.49. The Bertz CT molecular complexity index is 2470. The molecule has 0 atom stereocenters. The molecule has 0 N–H and O–H groups in total.